The van der Waals surface area contributed by atoms with Gasteiger partial charge in [-0.15, -0.1) is 0 Å². The van der Waals surface area contributed by atoms with Crippen LogP contribution in [-0.2, 0) is 6.54 Å². The van der Waals surface area contributed by atoms with E-state index in [-0.39, 0.29) is 0 Å². The van der Waals surface area contributed by atoms with Crippen molar-refractivity contribution < 1.29 is 0 Å². The maximum atomic E-state index is 4.66. The number of para-hydroxylation sites is 1. The fourth-order valence-electron chi connectivity index (χ4n) is 2.69. The van der Waals surface area contributed by atoms with E-state index >= 15 is 0 Å². The summed E-state index contributed by atoms with van der Waals surface area (Å²) >= 11 is 0. The molecule has 0 aliphatic heterocycles. The average molecular weight is 303 g/mol. The fraction of sp³-hybridized carbons (Fsp3) is 0.111. The first-order valence-electron chi connectivity index (χ1n) is 7.58. The zero-order valence-electron chi connectivity index (χ0n) is 12.8. The molecule has 0 aliphatic rings. The van der Waals surface area contributed by atoms with Crippen molar-refractivity contribution in [1.82, 2.24) is 19.7 Å². The standard InChI is InChI=1S/C18H17N5/c1-13-14(11-21-15-5-3-2-4-6-15)12-23(22-13)17-8-10-20-18-16(17)7-9-19-18/h2-10,12,21H,11H2,1H3,(H,19,20). The molecule has 23 heavy (non-hydrogen) atoms. The summed E-state index contributed by atoms with van der Waals surface area (Å²) < 4.78 is 1.93. The highest BCUT2D eigenvalue weighted by Gasteiger charge is 2.09. The van der Waals surface area contributed by atoms with Crippen molar-refractivity contribution in [3.8, 4) is 5.69 Å². The SMILES string of the molecule is Cc1nn(-c2ccnc3[nH]ccc23)cc1CNc1ccccc1. The summed E-state index contributed by atoms with van der Waals surface area (Å²) in [5, 5.41) is 9.15. The normalized spacial score (nSPS) is 11.0. The third-order valence-corrected chi connectivity index (χ3v) is 3.94. The second-order valence-electron chi connectivity index (χ2n) is 5.47. The third kappa shape index (κ3) is 2.57. The zero-order chi connectivity index (χ0) is 15.6. The van der Waals surface area contributed by atoms with Gasteiger partial charge in [0.1, 0.15) is 5.65 Å². The molecule has 0 unspecified atom stereocenters. The molecule has 5 heteroatoms. The highest BCUT2D eigenvalue weighted by Crippen LogP contribution is 2.20. The first-order chi connectivity index (χ1) is 11.3. The number of pyridine rings is 1. The van der Waals surface area contributed by atoms with Crippen LogP contribution in [0.15, 0.2) is 61.1 Å². The number of aromatic nitrogens is 4. The molecule has 4 aromatic rings. The van der Waals surface area contributed by atoms with Gasteiger partial charge in [-0.05, 0) is 31.2 Å². The molecule has 0 bridgehead atoms. The lowest BCUT2D eigenvalue weighted by Gasteiger charge is -2.04. The third-order valence-electron chi connectivity index (χ3n) is 3.94. The van der Waals surface area contributed by atoms with Crippen LogP contribution in [0.25, 0.3) is 16.7 Å². The number of anilines is 1. The molecule has 3 aromatic heterocycles. The van der Waals surface area contributed by atoms with Crippen molar-refractivity contribution in [3.63, 3.8) is 0 Å². The van der Waals surface area contributed by atoms with Crippen LogP contribution in [0.4, 0.5) is 5.69 Å². The summed E-state index contributed by atoms with van der Waals surface area (Å²) in [5.41, 5.74) is 5.21. The van der Waals surface area contributed by atoms with E-state index in [0.29, 0.717) is 0 Å². The summed E-state index contributed by atoms with van der Waals surface area (Å²) in [6.07, 6.45) is 5.77. The van der Waals surface area contributed by atoms with Crippen LogP contribution in [0.2, 0.25) is 0 Å². The minimum absolute atomic E-state index is 0.747. The molecular formula is C18H17N5. The van der Waals surface area contributed by atoms with Crippen molar-refractivity contribution in [3.05, 3.63) is 72.3 Å². The summed E-state index contributed by atoms with van der Waals surface area (Å²) in [4.78, 5) is 7.46. The van der Waals surface area contributed by atoms with Crippen molar-refractivity contribution in [1.29, 1.82) is 0 Å². The van der Waals surface area contributed by atoms with Crippen LogP contribution in [0.3, 0.4) is 0 Å². The smallest absolute Gasteiger partial charge is 0.139 e. The fourth-order valence-corrected chi connectivity index (χ4v) is 2.69. The molecule has 4 rings (SSSR count). The van der Waals surface area contributed by atoms with Crippen molar-refractivity contribution in [2.45, 2.75) is 13.5 Å². The maximum Gasteiger partial charge on any atom is 0.139 e. The van der Waals surface area contributed by atoms with E-state index in [1.54, 1.807) is 6.20 Å². The Morgan fingerprint density at radius 2 is 2.00 bits per heavy atom. The number of aromatic amines is 1. The molecule has 1 aromatic carbocycles. The van der Waals surface area contributed by atoms with Gasteiger partial charge in [-0.1, -0.05) is 18.2 Å². The number of nitrogens with zero attached hydrogens (tertiary/aromatic N) is 3. The molecule has 0 atom stereocenters. The zero-order valence-corrected chi connectivity index (χ0v) is 12.8. The molecular weight excluding hydrogens is 286 g/mol. The van der Waals surface area contributed by atoms with Gasteiger partial charge >= 0.3 is 0 Å². The largest absolute Gasteiger partial charge is 0.381 e. The molecule has 0 saturated carbocycles. The lowest BCUT2D eigenvalue weighted by Crippen LogP contribution is -1.99. The number of fused-ring (bicyclic) bond motifs is 1. The number of benzene rings is 1. The van der Waals surface area contributed by atoms with E-state index in [0.717, 1.165) is 34.6 Å². The van der Waals surface area contributed by atoms with Crippen LogP contribution < -0.4 is 5.32 Å². The Bertz CT molecular complexity index is 936. The molecule has 0 fully saturated rings. The van der Waals surface area contributed by atoms with Crippen molar-refractivity contribution in [2.24, 2.45) is 0 Å². The highest BCUT2D eigenvalue weighted by atomic mass is 15.3. The van der Waals surface area contributed by atoms with Gasteiger partial charge in [-0.25, -0.2) is 9.67 Å². The topological polar surface area (TPSA) is 58.5 Å². The number of hydrogen-bond donors (Lipinski definition) is 2. The van der Waals surface area contributed by atoms with Crippen LogP contribution in [0, 0.1) is 6.92 Å². The molecule has 0 spiro atoms. The second-order valence-corrected chi connectivity index (χ2v) is 5.47. The minimum Gasteiger partial charge on any atom is -0.381 e. The highest BCUT2D eigenvalue weighted by molar-refractivity contribution is 5.84. The summed E-state index contributed by atoms with van der Waals surface area (Å²) in [6, 6.07) is 14.2. The van der Waals surface area contributed by atoms with Crippen LogP contribution in [0.1, 0.15) is 11.3 Å². The summed E-state index contributed by atoms with van der Waals surface area (Å²) in [5.74, 6) is 0. The van der Waals surface area contributed by atoms with Gasteiger partial charge < -0.3 is 10.3 Å². The Morgan fingerprint density at radius 1 is 1.13 bits per heavy atom. The monoisotopic (exact) mass is 303 g/mol. The average Bonchev–Trinajstić information content (AvgIpc) is 3.20. The van der Waals surface area contributed by atoms with Crippen LogP contribution >= 0.6 is 0 Å². The first kappa shape index (κ1) is 13.6. The number of H-pyrrole nitrogens is 1. The Kier molecular flexibility index (Phi) is 3.31. The molecule has 5 nitrogen and oxygen atoms in total. The lowest BCUT2D eigenvalue weighted by atomic mass is 10.2. The first-order valence-corrected chi connectivity index (χ1v) is 7.58. The molecule has 0 amide bonds. The number of aryl methyl sites for hydroxylation is 1. The Hall–Kier alpha value is -3.08. The minimum atomic E-state index is 0.747. The lowest BCUT2D eigenvalue weighted by molar-refractivity contribution is 0.868. The number of nitrogens with one attached hydrogen (secondary N) is 2. The molecule has 0 aliphatic carbocycles. The van der Waals surface area contributed by atoms with E-state index in [1.165, 1.54) is 5.56 Å². The Labute approximate surface area is 134 Å². The van der Waals surface area contributed by atoms with Gasteiger partial charge in [0.15, 0.2) is 0 Å². The van der Waals surface area contributed by atoms with Gasteiger partial charge in [0.05, 0.1) is 11.4 Å². The molecule has 0 saturated heterocycles. The van der Waals surface area contributed by atoms with Gasteiger partial charge in [-0.3, -0.25) is 0 Å². The van der Waals surface area contributed by atoms with Gasteiger partial charge in [0.2, 0.25) is 0 Å². The van der Waals surface area contributed by atoms with Crippen molar-refractivity contribution in [2.75, 3.05) is 5.32 Å². The summed E-state index contributed by atoms with van der Waals surface area (Å²) in [6.45, 7) is 2.78. The van der Waals surface area contributed by atoms with Crippen LogP contribution in [-0.4, -0.2) is 19.7 Å². The van der Waals surface area contributed by atoms with E-state index in [9.17, 15) is 0 Å². The van der Waals surface area contributed by atoms with Gasteiger partial charge in [-0.2, -0.15) is 5.10 Å². The molecule has 114 valence electrons. The molecule has 0 radical (unpaired) electrons. The molecule has 3 heterocycles. The van der Waals surface area contributed by atoms with Crippen LogP contribution in [0.5, 0.6) is 0 Å². The van der Waals surface area contributed by atoms with E-state index in [2.05, 4.69) is 38.7 Å². The number of hydrogen-bond acceptors (Lipinski definition) is 3. The summed E-state index contributed by atoms with van der Waals surface area (Å²) in [7, 11) is 0. The van der Waals surface area contributed by atoms with E-state index in [1.807, 2.05) is 48.1 Å². The van der Waals surface area contributed by atoms with Gasteiger partial charge in [0.25, 0.3) is 0 Å². The Balaban J connectivity index is 1.63. The quantitative estimate of drug-likeness (QED) is 0.605. The predicted molar refractivity (Wildman–Crippen MR) is 91.7 cm³/mol. The molecule has 2 N–H and O–H groups in total. The second kappa shape index (κ2) is 5.61. The van der Waals surface area contributed by atoms with E-state index in [4.69, 9.17) is 0 Å². The Morgan fingerprint density at radius 3 is 2.87 bits per heavy atom. The van der Waals surface area contributed by atoms with Gasteiger partial charge in [0, 0.05) is 41.8 Å². The maximum absolute atomic E-state index is 4.66. The van der Waals surface area contributed by atoms with E-state index < -0.39 is 0 Å². The van der Waals surface area contributed by atoms with Crippen molar-refractivity contribution >= 4 is 16.7 Å². The number of rotatable bonds is 4. The predicted octanol–water partition coefficient (Wildman–Crippen LogP) is 3.67.